The van der Waals surface area contributed by atoms with E-state index >= 15 is 0 Å². The first-order chi connectivity index (χ1) is 13.0. The minimum absolute atomic E-state index is 0.146. The average molecular weight is 377 g/mol. The predicted molar refractivity (Wildman–Crippen MR) is 103 cm³/mol. The molecule has 3 rings (SSSR count). The summed E-state index contributed by atoms with van der Waals surface area (Å²) in [5, 5.41) is 11.6. The highest BCUT2D eigenvalue weighted by Gasteiger charge is 2.14. The molecule has 0 bridgehead atoms. The maximum Gasteiger partial charge on any atom is 0.261 e. The van der Waals surface area contributed by atoms with E-state index < -0.39 is 15.9 Å². The number of sulfonamides is 1. The monoisotopic (exact) mass is 377 g/mol. The number of carbonyl (C=O) groups excluding carboxylic acids is 1. The smallest absolute Gasteiger partial charge is 0.261 e. The average Bonchev–Trinajstić information content (AvgIpc) is 2.68. The van der Waals surface area contributed by atoms with Crippen molar-refractivity contribution in [1.29, 1.82) is 5.26 Å². The molecule has 0 saturated heterocycles. The molecule has 3 aromatic carbocycles. The van der Waals surface area contributed by atoms with Crippen LogP contribution in [0.3, 0.4) is 0 Å². The second kappa shape index (κ2) is 7.72. The molecule has 0 heterocycles. The Morgan fingerprint density at radius 3 is 2.30 bits per heavy atom. The molecule has 6 nitrogen and oxygen atoms in total. The van der Waals surface area contributed by atoms with E-state index in [1.165, 1.54) is 24.3 Å². The van der Waals surface area contributed by atoms with Gasteiger partial charge < -0.3 is 5.32 Å². The van der Waals surface area contributed by atoms with Crippen molar-refractivity contribution in [2.24, 2.45) is 0 Å². The highest BCUT2D eigenvalue weighted by molar-refractivity contribution is 7.92. The summed E-state index contributed by atoms with van der Waals surface area (Å²) in [4.78, 5) is 12.5. The van der Waals surface area contributed by atoms with Crippen LogP contribution in [-0.4, -0.2) is 14.3 Å². The minimum atomic E-state index is -3.72. The first-order valence-corrected chi connectivity index (χ1v) is 9.46. The molecule has 0 aliphatic heterocycles. The molecular formula is C20H15N3O3S. The van der Waals surface area contributed by atoms with E-state index in [0.29, 0.717) is 22.5 Å². The summed E-state index contributed by atoms with van der Waals surface area (Å²) in [6.07, 6.45) is 0. The molecule has 7 heteroatoms. The summed E-state index contributed by atoms with van der Waals surface area (Å²) >= 11 is 0. The van der Waals surface area contributed by atoms with Crippen molar-refractivity contribution in [2.45, 2.75) is 4.90 Å². The predicted octanol–water partition coefficient (Wildman–Crippen LogP) is 3.61. The van der Waals surface area contributed by atoms with E-state index in [1.807, 2.05) is 6.07 Å². The molecule has 0 aliphatic carbocycles. The molecule has 134 valence electrons. The van der Waals surface area contributed by atoms with Gasteiger partial charge in [0, 0.05) is 11.3 Å². The molecule has 0 saturated carbocycles. The van der Waals surface area contributed by atoms with Crippen LogP contribution in [0.5, 0.6) is 0 Å². The van der Waals surface area contributed by atoms with Gasteiger partial charge in [0.25, 0.3) is 15.9 Å². The lowest BCUT2D eigenvalue weighted by Gasteiger charge is -2.10. The quantitative estimate of drug-likeness (QED) is 0.709. The van der Waals surface area contributed by atoms with Gasteiger partial charge in [-0.05, 0) is 48.5 Å². The molecule has 1 amide bonds. The Bertz CT molecular complexity index is 1120. The van der Waals surface area contributed by atoms with Gasteiger partial charge in [0.1, 0.15) is 0 Å². The number of hydrogen-bond donors (Lipinski definition) is 2. The number of anilines is 2. The lowest BCUT2D eigenvalue weighted by atomic mass is 10.1. The van der Waals surface area contributed by atoms with Gasteiger partial charge in [-0.2, -0.15) is 5.26 Å². The molecule has 0 atom stereocenters. The van der Waals surface area contributed by atoms with Gasteiger partial charge in [0.15, 0.2) is 0 Å². The van der Waals surface area contributed by atoms with Crippen molar-refractivity contribution < 1.29 is 13.2 Å². The zero-order chi connectivity index (χ0) is 19.3. The van der Waals surface area contributed by atoms with E-state index in [-0.39, 0.29) is 4.90 Å². The number of rotatable bonds is 5. The summed E-state index contributed by atoms with van der Waals surface area (Å²) in [7, 11) is -3.72. The normalized spacial score (nSPS) is 10.6. The Balaban J connectivity index is 1.78. The summed E-state index contributed by atoms with van der Waals surface area (Å²) < 4.78 is 27.3. The fraction of sp³-hybridized carbons (Fsp3) is 0. The van der Waals surface area contributed by atoms with Crippen LogP contribution < -0.4 is 10.0 Å². The maximum absolute atomic E-state index is 12.4. The van der Waals surface area contributed by atoms with E-state index in [9.17, 15) is 13.2 Å². The van der Waals surface area contributed by atoms with E-state index in [1.54, 1.807) is 54.6 Å². The van der Waals surface area contributed by atoms with Crippen molar-refractivity contribution in [1.82, 2.24) is 0 Å². The summed E-state index contributed by atoms with van der Waals surface area (Å²) in [5.74, 6) is -0.393. The zero-order valence-corrected chi connectivity index (χ0v) is 14.9. The van der Waals surface area contributed by atoms with Gasteiger partial charge in [0.2, 0.25) is 0 Å². The van der Waals surface area contributed by atoms with Crippen molar-refractivity contribution in [3.05, 3.63) is 90.0 Å². The number of hydrogen-bond acceptors (Lipinski definition) is 4. The molecule has 0 radical (unpaired) electrons. The largest absolute Gasteiger partial charge is 0.322 e. The third kappa shape index (κ3) is 4.51. The fourth-order valence-corrected chi connectivity index (χ4v) is 3.48. The molecule has 0 fully saturated rings. The molecule has 27 heavy (non-hydrogen) atoms. The Morgan fingerprint density at radius 2 is 1.56 bits per heavy atom. The van der Waals surface area contributed by atoms with Crippen LogP contribution in [0.15, 0.2) is 83.8 Å². The van der Waals surface area contributed by atoms with Gasteiger partial charge in [0.05, 0.1) is 22.2 Å². The van der Waals surface area contributed by atoms with Gasteiger partial charge >= 0.3 is 0 Å². The van der Waals surface area contributed by atoms with Crippen LogP contribution in [-0.2, 0) is 10.0 Å². The molecule has 3 aromatic rings. The van der Waals surface area contributed by atoms with Crippen LogP contribution in [0.2, 0.25) is 0 Å². The van der Waals surface area contributed by atoms with Crippen LogP contribution >= 0.6 is 0 Å². The van der Waals surface area contributed by atoms with Crippen LogP contribution in [0, 0.1) is 11.3 Å². The lowest BCUT2D eigenvalue weighted by Crippen LogP contribution is -2.14. The lowest BCUT2D eigenvalue weighted by molar-refractivity contribution is 0.102. The van der Waals surface area contributed by atoms with Crippen LogP contribution in [0.4, 0.5) is 11.4 Å². The molecule has 0 unspecified atom stereocenters. The Morgan fingerprint density at radius 1 is 0.852 bits per heavy atom. The summed E-state index contributed by atoms with van der Waals surface area (Å²) in [6.45, 7) is 0. The van der Waals surface area contributed by atoms with Gasteiger partial charge in [-0.25, -0.2) is 8.42 Å². The number of amides is 1. The van der Waals surface area contributed by atoms with E-state index in [4.69, 9.17) is 5.26 Å². The molecule has 2 N–H and O–H groups in total. The number of carbonyl (C=O) groups is 1. The third-order valence-corrected chi connectivity index (χ3v) is 5.08. The summed E-state index contributed by atoms with van der Waals surface area (Å²) in [6, 6.07) is 22.7. The standard InChI is InChI=1S/C20H15N3O3S/c21-14-15-6-4-7-16(12-15)20(24)22-17-8-5-9-18(13-17)23-27(25,26)19-10-2-1-3-11-19/h1-13,23H,(H,22,24). The van der Waals surface area contributed by atoms with E-state index in [0.717, 1.165) is 0 Å². The SMILES string of the molecule is N#Cc1cccc(C(=O)Nc2cccc(NS(=O)(=O)c3ccccc3)c2)c1. The highest BCUT2D eigenvalue weighted by atomic mass is 32.2. The Labute approximate surface area is 157 Å². The molecular weight excluding hydrogens is 362 g/mol. The number of benzene rings is 3. The number of nitrogens with one attached hydrogen (secondary N) is 2. The number of nitriles is 1. The molecule has 0 aromatic heterocycles. The second-order valence-corrected chi connectivity index (χ2v) is 7.33. The maximum atomic E-state index is 12.4. The van der Waals surface area contributed by atoms with Crippen LogP contribution in [0.1, 0.15) is 15.9 Å². The van der Waals surface area contributed by atoms with Gasteiger partial charge in [-0.1, -0.05) is 30.3 Å². The zero-order valence-electron chi connectivity index (χ0n) is 14.1. The van der Waals surface area contributed by atoms with Gasteiger partial charge in [-0.3, -0.25) is 9.52 Å². The van der Waals surface area contributed by atoms with Crippen LogP contribution in [0.25, 0.3) is 0 Å². The fourth-order valence-electron chi connectivity index (χ4n) is 2.41. The van der Waals surface area contributed by atoms with Crippen molar-refractivity contribution in [2.75, 3.05) is 10.0 Å². The number of nitrogens with zero attached hydrogens (tertiary/aromatic N) is 1. The molecule has 0 spiro atoms. The highest BCUT2D eigenvalue weighted by Crippen LogP contribution is 2.20. The first-order valence-electron chi connectivity index (χ1n) is 7.97. The minimum Gasteiger partial charge on any atom is -0.322 e. The first kappa shape index (κ1) is 18.2. The molecule has 0 aliphatic rings. The van der Waals surface area contributed by atoms with Crippen molar-refractivity contribution in [3.8, 4) is 6.07 Å². The second-order valence-electron chi connectivity index (χ2n) is 5.65. The third-order valence-electron chi connectivity index (χ3n) is 3.68. The Kier molecular flexibility index (Phi) is 5.20. The topological polar surface area (TPSA) is 99.1 Å². The van der Waals surface area contributed by atoms with Gasteiger partial charge in [-0.15, -0.1) is 0 Å². The van der Waals surface area contributed by atoms with Crippen molar-refractivity contribution >= 4 is 27.3 Å². The van der Waals surface area contributed by atoms with E-state index in [2.05, 4.69) is 10.0 Å². The van der Waals surface area contributed by atoms with Crippen molar-refractivity contribution in [3.63, 3.8) is 0 Å². The summed E-state index contributed by atoms with van der Waals surface area (Å²) in [5.41, 5.74) is 1.47. The Hall–Kier alpha value is -3.63.